The molecule has 45 heavy (non-hydrogen) atoms. The summed E-state index contributed by atoms with van der Waals surface area (Å²) in [4.78, 5) is 37.7. The Morgan fingerprint density at radius 3 is 2.69 bits per heavy atom. The topological polar surface area (TPSA) is 118 Å². The Morgan fingerprint density at radius 2 is 1.87 bits per heavy atom. The number of carbonyl (C=O) groups excluding carboxylic acids is 2. The van der Waals surface area contributed by atoms with Crippen molar-refractivity contribution in [2.45, 2.75) is 25.4 Å². The minimum Gasteiger partial charge on any atom is -0.348 e. The highest BCUT2D eigenvalue weighted by molar-refractivity contribution is 6.11. The summed E-state index contributed by atoms with van der Waals surface area (Å²) >= 11 is 0. The monoisotopic (exact) mass is 600 g/mol. The number of hydrogen-bond donors (Lipinski definition) is 2. The van der Waals surface area contributed by atoms with Crippen LogP contribution in [0.5, 0.6) is 0 Å². The summed E-state index contributed by atoms with van der Waals surface area (Å²) in [6.07, 6.45) is 4.82. The average molecular weight is 601 g/mol. The molecule has 4 heterocycles. The fraction of sp³-hybridized carbons (Fsp3) is 0.176. The fourth-order valence-corrected chi connectivity index (χ4v) is 5.74. The van der Waals surface area contributed by atoms with Gasteiger partial charge in [0.1, 0.15) is 17.2 Å². The predicted molar refractivity (Wildman–Crippen MR) is 169 cm³/mol. The van der Waals surface area contributed by atoms with Crippen molar-refractivity contribution in [3.05, 3.63) is 120 Å². The van der Waals surface area contributed by atoms with Crippen molar-refractivity contribution < 1.29 is 14.0 Å². The Hall–Kier alpha value is -5.55. The van der Waals surface area contributed by atoms with Crippen molar-refractivity contribution in [1.29, 1.82) is 0 Å². The van der Waals surface area contributed by atoms with Crippen LogP contribution in [-0.2, 0) is 6.54 Å². The van der Waals surface area contributed by atoms with E-state index in [4.69, 9.17) is 0 Å². The van der Waals surface area contributed by atoms with Crippen LogP contribution in [-0.4, -0.2) is 55.9 Å². The van der Waals surface area contributed by atoms with Crippen molar-refractivity contribution in [1.82, 2.24) is 35.6 Å². The van der Waals surface area contributed by atoms with Crippen LogP contribution in [0.25, 0.3) is 27.6 Å². The number of nitrogens with zero attached hydrogens (tertiary/aromatic N) is 6. The van der Waals surface area contributed by atoms with Crippen LogP contribution in [0.2, 0.25) is 0 Å². The van der Waals surface area contributed by atoms with Crippen molar-refractivity contribution >= 4 is 39.6 Å². The molecule has 7 rings (SSSR count). The molecule has 1 aliphatic heterocycles. The Morgan fingerprint density at radius 1 is 0.978 bits per heavy atom. The second-order valence-electron chi connectivity index (χ2n) is 10.9. The first-order valence-corrected chi connectivity index (χ1v) is 14.8. The van der Waals surface area contributed by atoms with Crippen molar-refractivity contribution in [3.63, 3.8) is 0 Å². The Kier molecular flexibility index (Phi) is 7.66. The first-order valence-electron chi connectivity index (χ1n) is 14.8. The zero-order chi connectivity index (χ0) is 30.8. The Bertz CT molecular complexity index is 2020. The van der Waals surface area contributed by atoms with Gasteiger partial charge < -0.3 is 10.6 Å². The molecule has 0 aliphatic carbocycles. The molecule has 3 aromatic heterocycles. The zero-order valence-electron chi connectivity index (χ0n) is 24.2. The predicted octanol–water partition coefficient (Wildman–Crippen LogP) is 4.83. The van der Waals surface area contributed by atoms with Gasteiger partial charge in [0.15, 0.2) is 5.65 Å². The number of benzene rings is 3. The van der Waals surface area contributed by atoms with E-state index in [1.54, 1.807) is 59.8 Å². The van der Waals surface area contributed by atoms with Gasteiger partial charge in [-0.3, -0.25) is 14.5 Å². The molecule has 2 N–H and O–H groups in total. The molecule has 1 aliphatic rings. The quantitative estimate of drug-likeness (QED) is 0.270. The highest BCUT2D eigenvalue weighted by Gasteiger charge is 2.31. The maximum atomic E-state index is 15.8. The third-order valence-electron chi connectivity index (χ3n) is 8.02. The molecular formula is C34H29FN8O2. The summed E-state index contributed by atoms with van der Waals surface area (Å²) in [7, 11) is 0. The lowest BCUT2D eigenvalue weighted by Gasteiger charge is -2.34. The molecule has 1 fully saturated rings. The van der Waals surface area contributed by atoms with Gasteiger partial charge in [-0.1, -0.05) is 35.5 Å². The summed E-state index contributed by atoms with van der Waals surface area (Å²) in [6, 6.07) is 24.4. The summed E-state index contributed by atoms with van der Waals surface area (Å²) in [5.41, 5.74) is 2.87. The summed E-state index contributed by atoms with van der Waals surface area (Å²) < 4.78 is 17.2. The highest BCUT2D eigenvalue weighted by Crippen LogP contribution is 2.31. The first-order chi connectivity index (χ1) is 22.1. The van der Waals surface area contributed by atoms with Crippen LogP contribution >= 0.6 is 0 Å². The number of piperidine rings is 1. The molecule has 11 heteroatoms. The van der Waals surface area contributed by atoms with Gasteiger partial charge in [-0.2, -0.15) is 4.68 Å². The maximum Gasteiger partial charge on any atom is 0.262 e. The van der Waals surface area contributed by atoms with Crippen molar-refractivity contribution in [3.8, 4) is 5.69 Å². The van der Waals surface area contributed by atoms with Gasteiger partial charge >= 0.3 is 0 Å². The fourth-order valence-electron chi connectivity index (χ4n) is 5.74. The number of fused-ring (bicyclic) bond motifs is 2. The average Bonchev–Trinajstić information content (AvgIpc) is 3.52. The number of carbonyl (C=O) groups is 2. The van der Waals surface area contributed by atoms with Gasteiger partial charge in [-0.05, 0) is 78.9 Å². The molecule has 1 atom stereocenters. The minimum absolute atomic E-state index is 0.0857. The first kappa shape index (κ1) is 28.2. The summed E-state index contributed by atoms with van der Waals surface area (Å²) in [5, 5.41) is 16.0. The maximum absolute atomic E-state index is 15.8. The van der Waals surface area contributed by atoms with Crippen molar-refractivity contribution in [2.75, 3.05) is 18.0 Å². The van der Waals surface area contributed by atoms with E-state index < -0.39 is 11.7 Å². The molecule has 3 aromatic carbocycles. The van der Waals surface area contributed by atoms with Gasteiger partial charge in [0.25, 0.3) is 11.8 Å². The van der Waals surface area contributed by atoms with Gasteiger partial charge in [0, 0.05) is 42.5 Å². The number of nitrogens with one attached hydrogen (secondary N) is 2. The molecule has 0 radical (unpaired) electrons. The molecule has 0 spiro atoms. The molecule has 10 nitrogen and oxygen atoms in total. The third-order valence-corrected chi connectivity index (χ3v) is 8.02. The number of rotatable bonds is 7. The molecule has 0 bridgehead atoms. The smallest absolute Gasteiger partial charge is 0.262 e. The minimum atomic E-state index is -0.691. The van der Waals surface area contributed by atoms with Crippen LogP contribution < -0.4 is 15.5 Å². The number of pyridine rings is 2. The van der Waals surface area contributed by atoms with Crippen LogP contribution in [0.4, 0.5) is 10.2 Å². The third kappa shape index (κ3) is 5.61. The van der Waals surface area contributed by atoms with Gasteiger partial charge in [0.05, 0.1) is 17.3 Å². The molecule has 2 amide bonds. The van der Waals surface area contributed by atoms with E-state index in [2.05, 4.69) is 30.9 Å². The summed E-state index contributed by atoms with van der Waals surface area (Å²) in [5.74, 6) is -0.985. The number of halogens is 1. The molecule has 224 valence electrons. The van der Waals surface area contributed by atoms with E-state index in [1.807, 2.05) is 30.3 Å². The van der Waals surface area contributed by atoms with E-state index >= 15 is 4.39 Å². The number of aromatic nitrogens is 5. The van der Waals surface area contributed by atoms with E-state index in [0.717, 1.165) is 30.3 Å². The second kappa shape index (κ2) is 12.2. The van der Waals surface area contributed by atoms with Crippen LogP contribution in [0.3, 0.4) is 0 Å². The molecular weight excluding hydrogens is 571 g/mol. The normalized spacial score (nSPS) is 14.8. The van der Waals surface area contributed by atoms with Gasteiger partial charge in [-0.25, -0.2) is 14.4 Å². The second-order valence-corrected chi connectivity index (χ2v) is 10.9. The SMILES string of the molecule is O=C(NCc1ccccc1)c1ccc2c(N(C(=O)c3ccc(-n4nnc5cccnc54)cc3F)[C@@H]3CCCNC3)nccc2c1. The molecule has 0 unspecified atom stereocenters. The van der Waals surface area contributed by atoms with Gasteiger partial charge in [0.2, 0.25) is 0 Å². The molecule has 6 aromatic rings. The van der Waals surface area contributed by atoms with Crippen LogP contribution in [0, 0.1) is 5.82 Å². The lowest BCUT2D eigenvalue weighted by atomic mass is 10.0. The van der Waals surface area contributed by atoms with E-state index in [9.17, 15) is 9.59 Å². The standard InChI is InChI=1S/C34H29FN8O2/c35-29-19-25(43-32-30(40-41-43)9-5-16-37-32)11-13-28(29)34(45)42(26-8-4-15-36-21-26)31-27-12-10-24(18-23(27)14-17-38-31)33(44)39-20-22-6-2-1-3-7-22/h1-3,5-7,9-14,16-19,26,36H,4,8,15,20-21H2,(H,39,44)/t26-/m1/s1. The van der Waals surface area contributed by atoms with E-state index in [1.165, 1.54) is 16.8 Å². The number of amides is 2. The van der Waals surface area contributed by atoms with Crippen molar-refractivity contribution in [2.24, 2.45) is 0 Å². The highest BCUT2D eigenvalue weighted by atomic mass is 19.1. The Labute approximate surface area is 257 Å². The van der Waals surface area contributed by atoms with Crippen LogP contribution in [0.15, 0.2) is 97.3 Å². The van der Waals surface area contributed by atoms with E-state index in [0.29, 0.717) is 46.7 Å². The number of anilines is 1. The lowest BCUT2D eigenvalue weighted by Crippen LogP contribution is -2.49. The van der Waals surface area contributed by atoms with E-state index in [-0.39, 0.29) is 17.5 Å². The molecule has 1 saturated heterocycles. The number of hydrogen-bond acceptors (Lipinski definition) is 7. The summed E-state index contributed by atoms with van der Waals surface area (Å²) in [6.45, 7) is 1.79. The van der Waals surface area contributed by atoms with Gasteiger partial charge in [-0.15, -0.1) is 5.10 Å². The largest absolute Gasteiger partial charge is 0.348 e. The van der Waals surface area contributed by atoms with Crippen LogP contribution in [0.1, 0.15) is 39.1 Å². The molecule has 0 saturated carbocycles. The zero-order valence-corrected chi connectivity index (χ0v) is 24.2. The Balaban J connectivity index is 1.22. The lowest BCUT2D eigenvalue weighted by molar-refractivity contribution is 0.0947.